The van der Waals surface area contributed by atoms with Crippen LogP contribution in [0, 0.1) is 5.92 Å². The second-order valence-corrected chi connectivity index (χ2v) is 9.02. The van der Waals surface area contributed by atoms with E-state index in [2.05, 4.69) is 63.0 Å². The van der Waals surface area contributed by atoms with Crippen LogP contribution in [0.5, 0.6) is 0 Å². The summed E-state index contributed by atoms with van der Waals surface area (Å²) in [7, 11) is 0. The predicted octanol–water partition coefficient (Wildman–Crippen LogP) is 4.03. The number of hydrogen-bond acceptors (Lipinski definition) is 4. The first-order valence-electron chi connectivity index (χ1n) is 12.0. The van der Waals surface area contributed by atoms with Crippen molar-refractivity contribution < 1.29 is 4.79 Å². The maximum absolute atomic E-state index is 13.4. The van der Waals surface area contributed by atoms with Crippen LogP contribution in [0.25, 0.3) is 0 Å². The molecule has 1 aromatic carbocycles. The number of aromatic nitrogens is 1. The summed E-state index contributed by atoms with van der Waals surface area (Å²) in [5.41, 5.74) is 1.17. The summed E-state index contributed by atoms with van der Waals surface area (Å²) in [5, 5.41) is 0. The fraction of sp³-hybridized carbons (Fsp3) is 0.538. The Kier molecular flexibility index (Phi) is 7.57. The fourth-order valence-corrected chi connectivity index (χ4v) is 5.11. The number of benzene rings is 1. The summed E-state index contributed by atoms with van der Waals surface area (Å²) in [6, 6.07) is 16.5. The van der Waals surface area contributed by atoms with Crippen molar-refractivity contribution in [2.75, 3.05) is 50.7 Å². The molecule has 2 saturated heterocycles. The molecule has 3 heterocycles. The zero-order valence-electron chi connectivity index (χ0n) is 18.8. The second kappa shape index (κ2) is 10.8. The van der Waals surface area contributed by atoms with Crippen LogP contribution in [-0.4, -0.2) is 66.5 Å². The van der Waals surface area contributed by atoms with Crippen LogP contribution in [0.2, 0.25) is 0 Å². The van der Waals surface area contributed by atoms with Crippen LogP contribution in [-0.2, 0) is 4.79 Å². The van der Waals surface area contributed by atoms with Gasteiger partial charge >= 0.3 is 0 Å². The van der Waals surface area contributed by atoms with Gasteiger partial charge in [0, 0.05) is 52.0 Å². The number of rotatable bonds is 7. The van der Waals surface area contributed by atoms with E-state index in [9.17, 15) is 4.79 Å². The lowest BCUT2D eigenvalue weighted by Crippen LogP contribution is -2.50. The molecule has 0 bridgehead atoms. The van der Waals surface area contributed by atoms with E-state index < -0.39 is 0 Å². The lowest BCUT2D eigenvalue weighted by Gasteiger charge is -2.40. The van der Waals surface area contributed by atoms with E-state index in [1.165, 1.54) is 12.0 Å². The number of carbonyl (C=O) groups excluding carboxylic acids is 1. The highest BCUT2D eigenvalue weighted by Crippen LogP contribution is 2.27. The molecular formula is C26H36N4O. The quantitative estimate of drug-likeness (QED) is 0.678. The Labute approximate surface area is 187 Å². The van der Waals surface area contributed by atoms with Crippen LogP contribution in [0.3, 0.4) is 0 Å². The van der Waals surface area contributed by atoms with Crippen molar-refractivity contribution in [1.29, 1.82) is 0 Å². The van der Waals surface area contributed by atoms with Crippen molar-refractivity contribution in [1.82, 2.24) is 14.8 Å². The molecule has 4 rings (SSSR count). The molecule has 0 N–H and O–H groups in total. The lowest BCUT2D eigenvalue weighted by atomic mass is 9.90. The minimum absolute atomic E-state index is 0.00636. The van der Waals surface area contributed by atoms with Crippen LogP contribution >= 0.6 is 0 Å². The van der Waals surface area contributed by atoms with Crippen molar-refractivity contribution in [2.24, 2.45) is 5.92 Å². The minimum atomic E-state index is 0.00636. The minimum Gasteiger partial charge on any atom is -0.354 e. The highest BCUT2D eigenvalue weighted by Gasteiger charge is 2.30. The van der Waals surface area contributed by atoms with Gasteiger partial charge in [0.25, 0.3) is 0 Å². The number of hydrogen-bond donors (Lipinski definition) is 0. The summed E-state index contributed by atoms with van der Waals surface area (Å²) in [6.07, 6.45) is 6.19. The topological polar surface area (TPSA) is 39.7 Å². The summed E-state index contributed by atoms with van der Waals surface area (Å²) < 4.78 is 0. The summed E-state index contributed by atoms with van der Waals surface area (Å²) in [5.74, 6) is 2.00. The van der Waals surface area contributed by atoms with Crippen molar-refractivity contribution in [3.63, 3.8) is 0 Å². The number of piperidine rings is 1. The van der Waals surface area contributed by atoms with E-state index in [1.54, 1.807) is 0 Å². The van der Waals surface area contributed by atoms with E-state index in [1.807, 2.05) is 18.3 Å². The second-order valence-electron chi connectivity index (χ2n) is 9.02. The molecule has 31 heavy (non-hydrogen) atoms. The van der Waals surface area contributed by atoms with Gasteiger partial charge in [-0.1, -0.05) is 49.7 Å². The van der Waals surface area contributed by atoms with Crippen LogP contribution in [0.4, 0.5) is 5.82 Å². The molecule has 0 saturated carbocycles. The van der Waals surface area contributed by atoms with E-state index in [-0.39, 0.29) is 5.92 Å². The lowest BCUT2D eigenvalue weighted by molar-refractivity contribution is -0.135. The maximum Gasteiger partial charge on any atom is 0.230 e. The Hall–Kier alpha value is -2.40. The Bertz CT molecular complexity index is 805. The number of amides is 1. The van der Waals surface area contributed by atoms with E-state index >= 15 is 0 Å². The molecule has 5 nitrogen and oxygen atoms in total. The van der Waals surface area contributed by atoms with Gasteiger partial charge in [-0.2, -0.15) is 0 Å². The first kappa shape index (κ1) is 21.8. The van der Waals surface area contributed by atoms with Crippen LogP contribution in [0.1, 0.15) is 44.1 Å². The fourth-order valence-electron chi connectivity index (χ4n) is 5.11. The van der Waals surface area contributed by atoms with Gasteiger partial charge in [-0.25, -0.2) is 4.98 Å². The van der Waals surface area contributed by atoms with Gasteiger partial charge in [0.1, 0.15) is 5.82 Å². The predicted molar refractivity (Wildman–Crippen MR) is 126 cm³/mol. The van der Waals surface area contributed by atoms with Gasteiger partial charge in [-0.3, -0.25) is 9.69 Å². The SMILES string of the molecule is CCCC(C(=O)N1CCCC(CN2CCN(c3ccccn3)CC2)C1)c1ccccc1. The van der Waals surface area contributed by atoms with Gasteiger partial charge in [0.05, 0.1) is 5.92 Å². The largest absolute Gasteiger partial charge is 0.354 e. The number of likely N-dealkylation sites (tertiary alicyclic amines) is 1. The van der Waals surface area contributed by atoms with Gasteiger partial charge in [0.15, 0.2) is 0 Å². The first-order valence-corrected chi connectivity index (χ1v) is 12.0. The molecule has 2 fully saturated rings. The number of anilines is 1. The van der Waals surface area contributed by atoms with E-state index in [0.29, 0.717) is 11.8 Å². The normalized spacial score (nSPS) is 21.1. The van der Waals surface area contributed by atoms with Crippen molar-refractivity contribution in [3.05, 3.63) is 60.3 Å². The number of carbonyl (C=O) groups is 1. The van der Waals surface area contributed by atoms with Crippen molar-refractivity contribution in [3.8, 4) is 0 Å². The average Bonchev–Trinajstić information content (AvgIpc) is 2.84. The number of nitrogens with zero attached hydrogens (tertiary/aromatic N) is 4. The van der Waals surface area contributed by atoms with Gasteiger partial charge in [0.2, 0.25) is 5.91 Å². The molecule has 2 unspecified atom stereocenters. The van der Waals surface area contributed by atoms with E-state index in [4.69, 9.17) is 0 Å². The zero-order valence-corrected chi connectivity index (χ0v) is 18.8. The molecule has 0 radical (unpaired) electrons. The number of pyridine rings is 1. The zero-order chi connectivity index (χ0) is 21.5. The third kappa shape index (κ3) is 5.65. The highest BCUT2D eigenvalue weighted by atomic mass is 16.2. The Balaban J connectivity index is 1.31. The standard InChI is InChI=1S/C26H36N4O/c1-2-9-24(23-11-4-3-5-12-23)26(31)30-15-8-10-22(21-30)20-28-16-18-29(19-17-28)25-13-6-7-14-27-25/h3-7,11-14,22,24H,2,8-10,15-21H2,1H3. The van der Waals surface area contributed by atoms with Crippen LogP contribution in [0.15, 0.2) is 54.7 Å². The number of piperazine rings is 1. The smallest absolute Gasteiger partial charge is 0.230 e. The monoisotopic (exact) mass is 420 g/mol. The van der Waals surface area contributed by atoms with E-state index in [0.717, 1.165) is 70.9 Å². The average molecular weight is 421 g/mol. The summed E-state index contributed by atoms with van der Waals surface area (Å²) in [4.78, 5) is 25.0. The van der Waals surface area contributed by atoms with Crippen molar-refractivity contribution in [2.45, 2.75) is 38.5 Å². The molecule has 0 aliphatic carbocycles. The summed E-state index contributed by atoms with van der Waals surface area (Å²) >= 11 is 0. The molecule has 1 aromatic heterocycles. The van der Waals surface area contributed by atoms with Gasteiger partial charge in [-0.05, 0) is 42.9 Å². The van der Waals surface area contributed by atoms with Crippen LogP contribution < -0.4 is 4.90 Å². The summed E-state index contributed by atoms with van der Waals surface area (Å²) in [6.45, 7) is 9.30. The van der Waals surface area contributed by atoms with Crippen molar-refractivity contribution >= 4 is 11.7 Å². The molecule has 1 amide bonds. The molecule has 0 spiro atoms. The molecule has 2 aliphatic rings. The molecule has 5 heteroatoms. The first-order chi connectivity index (χ1) is 15.2. The molecule has 2 aromatic rings. The molecule has 2 aliphatic heterocycles. The Morgan fingerprint density at radius 3 is 2.52 bits per heavy atom. The molecular weight excluding hydrogens is 384 g/mol. The van der Waals surface area contributed by atoms with Gasteiger partial charge in [-0.15, -0.1) is 0 Å². The third-order valence-corrected chi connectivity index (χ3v) is 6.77. The molecule has 2 atom stereocenters. The highest BCUT2D eigenvalue weighted by molar-refractivity contribution is 5.83. The van der Waals surface area contributed by atoms with Gasteiger partial charge < -0.3 is 9.80 Å². The maximum atomic E-state index is 13.4. The Morgan fingerprint density at radius 2 is 1.81 bits per heavy atom. The third-order valence-electron chi connectivity index (χ3n) is 6.77. The molecule has 166 valence electrons. The Morgan fingerprint density at radius 1 is 1.03 bits per heavy atom.